The van der Waals surface area contributed by atoms with E-state index in [0.717, 1.165) is 34.9 Å². The van der Waals surface area contributed by atoms with E-state index in [4.69, 9.17) is 4.42 Å². The number of imide groups is 1. The van der Waals surface area contributed by atoms with Crippen LogP contribution in [0.15, 0.2) is 27.8 Å². The molecule has 0 bridgehead atoms. The van der Waals surface area contributed by atoms with Crippen LogP contribution in [0.4, 0.5) is 4.79 Å². The lowest BCUT2D eigenvalue weighted by molar-refractivity contribution is -0.117. The van der Waals surface area contributed by atoms with Crippen LogP contribution in [0.1, 0.15) is 31.4 Å². The number of carbonyl (C=O) groups is 2. The molecule has 8 heteroatoms. The van der Waals surface area contributed by atoms with Gasteiger partial charge < -0.3 is 9.73 Å². The van der Waals surface area contributed by atoms with Crippen LogP contribution in [0.5, 0.6) is 0 Å². The number of benzene rings is 1. The predicted molar refractivity (Wildman–Crippen MR) is 101 cm³/mol. The summed E-state index contributed by atoms with van der Waals surface area (Å²) in [6, 6.07) is 5.50. The van der Waals surface area contributed by atoms with E-state index in [9.17, 15) is 9.59 Å². The third-order valence-corrected chi connectivity index (χ3v) is 4.28. The molecule has 0 aliphatic rings. The summed E-state index contributed by atoms with van der Waals surface area (Å²) in [6.45, 7) is 8.67. The molecular formula is C18H24N4O3S. The number of hydrogen-bond donors (Lipinski definition) is 2. The van der Waals surface area contributed by atoms with Crippen LogP contribution in [0.25, 0.3) is 11.5 Å². The lowest BCUT2D eigenvalue weighted by Crippen LogP contribution is -2.40. The van der Waals surface area contributed by atoms with E-state index >= 15 is 0 Å². The van der Waals surface area contributed by atoms with Crippen LogP contribution in [0.2, 0.25) is 0 Å². The van der Waals surface area contributed by atoms with Gasteiger partial charge in [-0.3, -0.25) is 10.1 Å². The monoisotopic (exact) mass is 376 g/mol. The van der Waals surface area contributed by atoms with Gasteiger partial charge in [0.15, 0.2) is 0 Å². The summed E-state index contributed by atoms with van der Waals surface area (Å²) in [5.41, 5.74) is 3.06. The highest BCUT2D eigenvalue weighted by Crippen LogP contribution is 2.24. The molecule has 0 aliphatic carbocycles. The average Bonchev–Trinajstić information content (AvgIpc) is 3.00. The van der Waals surface area contributed by atoms with Crippen molar-refractivity contribution in [1.82, 2.24) is 20.8 Å². The number of nitrogens with one attached hydrogen (secondary N) is 2. The van der Waals surface area contributed by atoms with Gasteiger partial charge in [-0.25, -0.2) is 4.79 Å². The van der Waals surface area contributed by atoms with Crippen molar-refractivity contribution in [3.63, 3.8) is 0 Å². The molecule has 3 amide bonds. The molecule has 0 spiro atoms. The molecule has 1 heterocycles. The Balaban J connectivity index is 1.82. The highest BCUT2D eigenvalue weighted by Gasteiger charge is 2.13. The second kappa shape index (κ2) is 9.38. The number of urea groups is 1. The molecule has 26 heavy (non-hydrogen) atoms. The first-order valence-electron chi connectivity index (χ1n) is 8.46. The van der Waals surface area contributed by atoms with Crippen LogP contribution in [-0.2, 0) is 4.79 Å². The van der Waals surface area contributed by atoms with E-state index < -0.39 is 11.9 Å². The molecule has 0 saturated carbocycles. The number of carbonyl (C=O) groups excluding carboxylic acids is 2. The molecule has 0 radical (unpaired) electrons. The zero-order valence-corrected chi connectivity index (χ0v) is 16.3. The van der Waals surface area contributed by atoms with Crippen molar-refractivity contribution in [2.24, 2.45) is 5.92 Å². The lowest BCUT2D eigenvalue weighted by atomic mass is 10.1. The standard InChI is InChI=1S/C18H24N4O3S/c1-11(2)5-6-19-17(24)20-15(23)10-26-18-22-21-16(25-18)14-8-12(3)7-13(4)9-14/h7-9,11H,5-6,10H2,1-4H3,(H2,19,20,23,24). The van der Waals surface area contributed by atoms with Gasteiger partial charge >= 0.3 is 6.03 Å². The van der Waals surface area contributed by atoms with Gasteiger partial charge in [-0.2, -0.15) is 0 Å². The van der Waals surface area contributed by atoms with Crippen molar-refractivity contribution in [2.45, 2.75) is 39.3 Å². The van der Waals surface area contributed by atoms with E-state index in [1.807, 2.05) is 26.0 Å². The Morgan fingerprint density at radius 2 is 1.85 bits per heavy atom. The first-order valence-corrected chi connectivity index (χ1v) is 9.44. The number of nitrogens with zero attached hydrogens (tertiary/aromatic N) is 2. The quantitative estimate of drug-likeness (QED) is 0.720. The molecule has 0 unspecified atom stereocenters. The molecule has 0 fully saturated rings. The molecule has 2 N–H and O–H groups in total. The van der Waals surface area contributed by atoms with Crippen molar-refractivity contribution in [3.8, 4) is 11.5 Å². The smallest absolute Gasteiger partial charge is 0.321 e. The molecule has 140 valence electrons. The average molecular weight is 376 g/mol. The molecule has 1 aromatic heterocycles. The Bertz CT molecular complexity index is 753. The van der Waals surface area contributed by atoms with Gasteiger partial charge in [0.1, 0.15) is 0 Å². The fourth-order valence-electron chi connectivity index (χ4n) is 2.29. The summed E-state index contributed by atoms with van der Waals surface area (Å²) in [4.78, 5) is 23.4. The van der Waals surface area contributed by atoms with E-state index in [-0.39, 0.29) is 11.0 Å². The van der Waals surface area contributed by atoms with Gasteiger partial charge in [-0.1, -0.05) is 42.8 Å². The van der Waals surface area contributed by atoms with Gasteiger partial charge in [0.2, 0.25) is 11.8 Å². The SMILES string of the molecule is Cc1cc(C)cc(-c2nnc(SCC(=O)NC(=O)NCCC(C)C)o2)c1. The maximum Gasteiger partial charge on any atom is 0.321 e. The highest BCUT2D eigenvalue weighted by atomic mass is 32.2. The number of aromatic nitrogens is 2. The molecule has 0 atom stereocenters. The van der Waals surface area contributed by atoms with E-state index in [0.29, 0.717) is 18.4 Å². The second-order valence-electron chi connectivity index (χ2n) is 6.52. The minimum Gasteiger partial charge on any atom is -0.411 e. The largest absolute Gasteiger partial charge is 0.411 e. The summed E-state index contributed by atoms with van der Waals surface area (Å²) in [5, 5.41) is 13.2. The van der Waals surface area contributed by atoms with Crippen molar-refractivity contribution < 1.29 is 14.0 Å². The van der Waals surface area contributed by atoms with E-state index in [2.05, 4.69) is 40.7 Å². The Morgan fingerprint density at radius 3 is 2.50 bits per heavy atom. The Hall–Kier alpha value is -2.35. The second-order valence-corrected chi connectivity index (χ2v) is 7.45. The minimum atomic E-state index is -0.488. The van der Waals surface area contributed by atoms with Gasteiger partial charge in [0.25, 0.3) is 5.22 Å². The Labute approximate surface area is 157 Å². The van der Waals surface area contributed by atoms with Crippen LogP contribution in [0, 0.1) is 19.8 Å². The number of hydrogen-bond acceptors (Lipinski definition) is 6. The van der Waals surface area contributed by atoms with Crippen molar-refractivity contribution in [3.05, 3.63) is 29.3 Å². The molecular weight excluding hydrogens is 352 g/mol. The van der Waals surface area contributed by atoms with Crippen LogP contribution in [0.3, 0.4) is 0 Å². The van der Waals surface area contributed by atoms with Gasteiger partial charge in [0.05, 0.1) is 5.75 Å². The summed E-state index contributed by atoms with van der Waals surface area (Å²) >= 11 is 1.09. The number of rotatable bonds is 7. The van der Waals surface area contributed by atoms with Crippen molar-refractivity contribution >= 4 is 23.7 Å². The normalized spacial score (nSPS) is 10.8. The highest BCUT2D eigenvalue weighted by molar-refractivity contribution is 7.99. The maximum absolute atomic E-state index is 11.8. The molecule has 0 saturated heterocycles. The third kappa shape index (κ3) is 6.51. The predicted octanol–water partition coefficient (Wildman–Crippen LogP) is 3.32. The Morgan fingerprint density at radius 1 is 1.15 bits per heavy atom. The molecule has 2 rings (SSSR count). The van der Waals surface area contributed by atoms with Crippen molar-refractivity contribution in [1.29, 1.82) is 0 Å². The van der Waals surface area contributed by atoms with Crippen LogP contribution >= 0.6 is 11.8 Å². The lowest BCUT2D eigenvalue weighted by Gasteiger charge is -2.07. The van der Waals surface area contributed by atoms with E-state index in [1.165, 1.54) is 0 Å². The fourth-order valence-corrected chi connectivity index (χ4v) is 2.85. The molecule has 0 aliphatic heterocycles. The Kier molecular flexibility index (Phi) is 7.20. The zero-order chi connectivity index (χ0) is 19.1. The summed E-state index contributed by atoms with van der Waals surface area (Å²) < 4.78 is 5.59. The van der Waals surface area contributed by atoms with Crippen molar-refractivity contribution in [2.75, 3.05) is 12.3 Å². The number of aryl methyl sites for hydroxylation is 2. The van der Waals surface area contributed by atoms with Gasteiger partial charge in [0, 0.05) is 12.1 Å². The number of amides is 3. The van der Waals surface area contributed by atoms with Gasteiger partial charge in [-0.05, 0) is 38.3 Å². The molecule has 7 nitrogen and oxygen atoms in total. The molecule has 2 aromatic rings. The van der Waals surface area contributed by atoms with E-state index in [1.54, 1.807) is 0 Å². The first kappa shape index (κ1) is 20.0. The minimum absolute atomic E-state index is 0.0199. The summed E-state index contributed by atoms with van der Waals surface area (Å²) in [7, 11) is 0. The molecule has 1 aromatic carbocycles. The first-order chi connectivity index (χ1) is 12.3. The fraction of sp³-hybridized carbons (Fsp3) is 0.444. The summed E-state index contributed by atoms with van der Waals surface area (Å²) in [6.07, 6.45) is 0.861. The third-order valence-electron chi connectivity index (χ3n) is 3.46. The van der Waals surface area contributed by atoms with Crippen LogP contribution in [-0.4, -0.2) is 34.4 Å². The zero-order valence-electron chi connectivity index (χ0n) is 15.5. The topological polar surface area (TPSA) is 97.1 Å². The van der Waals surface area contributed by atoms with Crippen LogP contribution < -0.4 is 10.6 Å². The number of thioether (sulfide) groups is 1. The van der Waals surface area contributed by atoms with Gasteiger partial charge in [-0.15, -0.1) is 10.2 Å². The maximum atomic E-state index is 11.8. The summed E-state index contributed by atoms with van der Waals surface area (Å²) in [5.74, 6) is 0.506.